The van der Waals surface area contributed by atoms with Crippen LogP contribution >= 0.6 is 23.5 Å². The van der Waals surface area contributed by atoms with E-state index in [1.807, 2.05) is 23.5 Å². The minimum Gasteiger partial charge on any atom is -0.378 e. The van der Waals surface area contributed by atoms with Crippen molar-refractivity contribution < 1.29 is 23.7 Å². The second kappa shape index (κ2) is 16.7. The van der Waals surface area contributed by atoms with Crippen molar-refractivity contribution in [2.45, 2.75) is 11.5 Å². The van der Waals surface area contributed by atoms with Crippen molar-refractivity contribution in [2.75, 3.05) is 77.6 Å². The number of rotatable bonds is 0. The first-order valence-corrected chi connectivity index (χ1v) is 11.9. The van der Waals surface area contributed by atoms with Crippen molar-refractivity contribution >= 4 is 23.5 Å². The highest BCUT2D eigenvalue weighted by Crippen LogP contribution is 2.17. The van der Waals surface area contributed by atoms with E-state index in [4.69, 9.17) is 23.7 Å². The first kappa shape index (κ1) is 23.0. The molecule has 0 aromatic heterocycles. The summed E-state index contributed by atoms with van der Waals surface area (Å²) < 4.78 is 27.6. The summed E-state index contributed by atoms with van der Waals surface area (Å²) in [5, 5.41) is 0. The van der Waals surface area contributed by atoms with Gasteiger partial charge in [0, 0.05) is 23.0 Å². The molecule has 1 aliphatic heterocycles. The second-order valence-corrected chi connectivity index (χ2v) is 8.20. The molecule has 1 aromatic carbocycles. The van der Waals surface area contributed by atoms with Gasteiger partial charge in [-0.2, -0.15) is 23.5 Å². The smallest absolute Gasteiger partial charge is 0.0701 e. The number of hydrogen-bond acceptors (Lipinski definition) is 7. The minimum absolute atomic E-state index is 0.589. The number of hydrogen-bond donors (Lipinski definition) is 0. The van der Waals surface area contributed by atoms with Gasteiger partial charge in [-0.05, 0) is 11.1 Å². The van der Waals surface area contributed by atoms with E-state index in [0.717, 1.165) is 36.2 Å². The molecule has 0 saturated carbocycles. The third-order valence-corrected chi connectivity index (χ3v) is 5.75. The van der Waals surface area contributed by atoms with E-state index in [1.54, 1.807) is 0 Å². The maximum Gasteiger partial charge on any atom is 0.0701 e. The Morgan fingerprint density at radius 1 is 0.519 bits per heavy atom. The highest BCUT2D eigenvalue weighted by Gasteiger charge is 1.99. The fraction of sp³-hybridized carbons (Fsp3) is 0.700. The third kappa shape index (κ3) is 12.7. The second-order valence-electron chi connectivity index (χ2n) is 5.99. The van der Waals surface area contributed by atoms with Crippen LogP contribution in [0, 0.1) is 0 Å². The summed E-state index contributed by atoms with van der Waals surface area (Å²) >= 11 is 3.82. The molecule has 154 valence electrons. The Morgan fingerprint density at radius 2 is 0.889 bits per heavy atom. The van der Waals surface area contributed by atoms with E-state index >= 15 is 0 Å². The Kier molecular flexibility index (Phi) is 14.2. The quantitative estimate of drug-likeness (QED) is 0.643. The first-order valence-electron chi connectivity index (χ1n) is 9.57. The van der Waals surface area contributed by atoms with Crippen LogP contribution < -0.4 is 0 Å². The van der Waals surface area contributed by atoms with Crippen LogP contribution in [-0.4, -0.2) is 77.6 Å². The van der Waals surface area contributed by atoms with Gasteiger partial charge in [0.2, 0.25) is 0 Å². The monoisotopic (exact) mass is 416 g/mol. The van der Waals surface area contributed by atoms with Gasteiger partial charge in [-0.25, -0.2) is 0 Å². The molecule has 0 saturated heterocycles. The molecule has 1 heterocycles. The molecule has 1 aliphatic rings. The maximum atomic E-state index is 5.61. The van der Waals surface area contributed by atoms with Crippen molar-refractivity contribution in [1.29, 1.82) is 0 Å². The standard InChI is InChI=1S/C20H32O5S2/c1-2-19-16-20(3-1)18-27-15-13-25-11-9-23-7-5-21-4-6-22-8-10-24-12-14-26-17-19/h1-3,16H,4-15,17-18H2. The summed E-state index contributed by atoms with van der Waals surface area (Å²) in [6.07, 6.45) is 0. The Morgan fingerprint density at radius 3 is 1.30 bits per heavy atom. The lowest BCUT2D eigenvalue weighted by atomic mass is 10.2. The molecule has 0 fully saturated rings. The summed E-state index contributed by atoms with van der Waals surface area (Å²) in [4.78, 5) is 0. The van der Waals surface area contributed by atoms with Gasteiger partial charge in [0.1, 0.15) is 0 Å². The lowest BCUT2D eigenvalue weighted by molar-refractivity contribution is -0.00903. The van der Waals surface area contributed by atoms with Gasteiger partial charge in [-0.1, -0.05) is 24.3 Å². The molecule has 0 N–H and O–H groups in total. The zero-order valence-corrected chi connectivity index (χ0v) is 17.7. The molecular formula is C20H32O5S2. The zero-order valence-electron chi connectivity index (χ0n) is 16.1. The fourth-order valence-corrected chi connectivity index (χ4v) is 4.00. The lowest BCUT2D eigenvalue weighted by Gasteiger charge is -2.09. The number of benzene rings is 1. The summed E-state index contributed by atoms with van der Waals surface area (Å²) in [6, 6.07) is 8.86. The predicted octanol–water partition coefficient (Wildman–Crippen LogP) is 3.25. The van der Waals surface area contributed by atoms with Crippen LogP contribution in [0.5, 0.6) is 0 Å². The first-order chi connectivity index (χ1) is 13.4. The lowest BCUT2D eigenvalue weighted by Crippen LogP contribution is -2.13. The van der Waals surface area contributed by atoms with E-state index in [0.29, 0.717) is 52.9 Å². The van der Waals surface area contributed by atoms with Crippen LogP contribution in [0.4, 0.5) is 0 Å². The van der Waals surface area contributed by atoms with Gasteiger partial charge in [0.05, 0.1) is 66.1 Å². The highest BCUT2D eigenvalue weighted by atomic mass is 32.2. The summed E-state index contributed by atoms with van der Waals surface area (Å²) in [5.74, 6) is 4.05. The van der Waals surface area contributed by atoms with Gasteiger partial charge in [-0.3, -0.25) is 0 Å². The van der Waals surface area contributed by atoms with Crippen molar-refractivity contribution in [1.82, 2.24) is 0 Å². The SMILES string of the molecule is c1cc2cc(c1)CSCCOCCOCCOCCOCCOCCSC2. The van der Waals surface area contributed by atoms with Crippen molar-refractivity contribution in [3.8, 4) is 0 Å². The van der Waals surface area contributed by atoms with Crippen LogP contribution in [0.25, 0.3) is 0 Å². The van der Waals surface area contributed by atoms with Gasteiger partial charge in [0.25, 0.3) is 0 Å². The Balaban J connectivity index is 1.67. The Hall–Kier alpha value is -0.280. The van der Waals surface area contributed by atoms with Gasteiger partial charge in [-0.15, -0.1) is 0 Å². The van der Waals surface area contributed by atoms with Crippen LogP contribution in [0.2, 0.25) is 0 Å². The highest BCUT2D eigenvalue weighted by molar-refractivity contribution is 7.98. The minimum atomic E-state index is 0.589. The fourth-order valence-electron chi connectivity index (χ4n) is 2.41. The Bertz CT molecular complexity index is 438. The summed E-state index contributed by atoms with van der Waals surface area (Å²) in [5.41, 5.74) is 2.76. The van der Waals surface area contributed by atoms with E-state index < -0.39 is 0 Å². The average Bonchev–Trinajstić information content (AvgIpc) is 2.69. The molecule has 2 bridgehead atoms. The molecule has 0 atom stereocenters. The normalized spacial score (nSPS) is 21.2. The largest absolute Gasteiger partial charge is 0.378 e. The predicted molar refractivity (Wildman–Crippen MR) is 113 cm³/mol. The molecular weight excluding hydrogens is 384 g/mol. The number of fused-ring (bicyclic) bond motifs is 2. The van der Waals surface area contributed by atoms with Crippen molar-refractivity contribution in [2.24, 2.45) is 0 Å². The van der Waals surface area contributed by atoms with Crippen LogP contribution in [0.15, 0.2) is 24.3 Å². The third-order valence-electron chi connectivity index (χ3n) is 3.76. The molecule has 7 heteroatoms. The van der Waals surface area contributed by atoms with Crippen molar-refractivity contribution in [3.05, 3.63) is 35.4 Å². The maximum absolute atomic E-state index is 5.61. The van der Waals surface area contributed by atoms with Crippen LogP contribution in [0.3, 0.4) is 0 Å². The summed E-state index contributed by atoms with van der Waals surface area (Å²) in [7, 11) is 0. The molecule has 5 nitrogen and oxygen atoms in total. The molecule has 0 amide bonds. The number of ether oxygens (including phenoxy) is 5. The molecule has 0 unspecified atom stereocenters. The van der Waals surface area contributed by atoms with Crippen LogP contribution in [0.1, 0.15) is 11.1 Å². The molecule has 0 radical (unpaired) electrons. The van der Waals surface area contributed by atoms with Gasteiger partial charge < -0.3 is 23.7 Å². The van der Waals surface area contributed by atoms with Gasteiger partial charge >= 0.3 is 0 Å². The zero-order chi connectivity index (χ0) is 18.8. The molecule has 2 rings (SSSR count). The number of thioether (sulfide) groups is 2. The molecule has 27 heavy (non-hydrogen) atoms. The average molecular weight is 417 g/mol. The van der Waals surface area contributed by atoms with E-state index in [9.17, 15) is 0 Å². The van der Waals surface area contributed by atoms with Crippen LogP contribution in [-0.2, 0) is 35.2 Å². The molecule has 1 aromatic rings. The van der Waals surface area contributed by atoms with E-state index in [1.165, 1.54) is 11.1 Å². The molecule has 0 aliphatic carbocycles. The topological polar surface area (TPSA) is 46.2 Å². The Labute approximate surface area is 171 Å². The van der Waals surface area contributed by atoms with E-state index in [-0.39, 0.29) is 0 Å². The van der Waals surface area contributed by atoms with E-state index in [2.05, 4.69) is 24.3 Å². The van der Waals surface area contributed by atoms with Gasteiger partial charge in [0.15, 0.2) is 0 Å². The molecule has 0 spiro atoms. The van der Waals surface area contributed by atoms with Crippen molar-refractivity contribution in [3.63, 3.8) is 0 Å². The summed E-state index contributed by atoms with van der Waals surface area (Å²) in [6.45, 7) is 6.38.